The number of ether oxygens (including phenoxy) is 4. The zero-order chi connectivity index (χ0) is 24.4. The average Bonchev–Trinajstić information content (AvgIpc) is 2.56. The molecule has 180 valence electrons. The molecule has 0 aromatic carbocycles. The minimum absolute atomic E-state index is 0.160. The van der Waals surface area contributed by atoms with Crippen LogP contribution in [-0.2, 0) is 33.0 Å². The van der Waals surface area contributed by atoms with Gasteiger partial charge in [0.05, 0.1) is 0 Å². The van der Waals surface area contributed by atoms with Crippen LogP contribution in [0.2, 0.25) is 18.1 Å². The Kier molecular flexibility index (Phi) is 10.2. The first kappa shape index (κ1) is 28.9. The van der Waals surface area contributed by atoms with Crippen molar-refractivity contribution in [2.45, 2.75) is 86.0 Å². The molecule has 31 heavy (non-hydrogen) atoms. The van der Waals surface area contributed by atoms with Crippen molar-refractivity contribution in [3.63, 3.8) is 0 Å². The summed E-state index contributed by atoms with van der Waals surface area (Å²) >= 11 is 20.6. The summed E-state index contributed by atoms with van der Waals surface area (Å²) in [7, 11) is -2.38. The van der Waals surface area contributed by atoms with E-state index in [0.717, 1.165) is 0 Å². The third-order valence-corrected chi connectivity index (χ3v) is 11.0. The molecule has 0 aromatic heterocycles. The van der Waals surface area contributed by atoms with Gasteiger partial charge >= 0.3 is 11.9 Å². The maximum Gasteiger partial charge on any atom is 0.303 e. The van der Waals surface area contributed by atoms with Crippen molar-refractivity contribution in [1.29, 1.82) is 5.41 Å². The van der Waals surface area contributed by atoms with Crippen molar-refractivity contribution < 1.29 is 33.0 Å². The number of rotatable bonds is 6. The first-order valence-electron chi connectivity index (χ1n) is 9.47. The van der Waals surface area contributed by atoms with Gasteiger partial charge in [0.1, 0.15) is 29.7 Å². The number of hydrogen-bond donors (Lipinski definition) is 1. The molecule has 8 nitrogen and oxygen atoms in total. The molecule has 0 radical (unpaired) electrons. The maximum absolute atomic E-state index is 11.9. The van der Waals surface area contributed by atoms with Gasteiger partial charge in [0.25, 0.3) is 3.79 Å². The molecule has 0 aliphatic carbocycles. The van der Waals surface area contributed by atoms with E-state index >= 15 is 0 Å². The molecule has 0 saturated carbocycles. The van der Waals surface area contributed by atoms with Crippen molar-refractivity contribution in [3.8, 4) is 0 Å². The molecule has 0 amide bonds. The second kappa shape index (κ2) is 10.9. The maximum atomic E-state index is 11.9. The summed E-state index contributed by atoms with van der Waals surface area (Å²) in [5.41, 5.74) is 0. The highest BCUT2D eigenvalue weighted by Gasteiger charge is 2.53. The van der Waals surface area contributed by atoms with E-state index in [0.29, 0.717) is 0 Å². The molecule has 1 rings (SSSR count). The van der Waals surface area contributed by atoms with Crippen LogP contribution in [0.5, 0.6) is 0 Å². The van der Waals surface area contributed by atoms with Crippen molar-refractivity contribution in [2.24, 2.45) is 0 Å². The Morgan fingerprint density at radius 1 is 1.06 bits per heavy atom. The summed E-state index contributed by atoms with van der Waals surface area (Å²) < 4.78 is 26.4. The molecule has 0 unspecified atom stereocenters. The fourth-order valence-electron chi connectivity index (χ4n) is 2.47. The summed E-state index contributed by atoms with van der Waals surface area (Å²) in [6, 6.07) is 0. The van der Waals surface area contributed by atoms with Gasteiger partial charge < -0.3 is 23.4 Å². The van der Waals surface area contributed by atoms with E-state index in [1.165, 1.54) is 13.8 Å². The second-order valence-electron chi connectivity index (χ2n) is 8.65. The first-order valence-corrected chi connectivity index (χ1v) is 14.4. The number of carbonyl (C=O) groups excluding carboxylic acids is 2. The predicted octanol–water partition coefficient (Wildman–Crippen LogP) is 4.72. The second-order valence-corrected chi connectivity index (χ2v) is 16.7. The molecule has 5 atom stereocenters. The number of hydrogen-bond acceptors (Lipinski definition) is 8. The predicted molar refractivity (Wildman–Crippen MR) is 125 cm³/mol. The van der Waals surface area contributed by atoms with Gasteiger partial charge in [-0.2, -0.15) is 0 Å². The van der Waals surface area contributed by atoms with Crippen LogP contribution < -0.4 is 0 Å². The van der Waals surface area contributed by atoms with Crippen molar-refractivity contribution in [2.75, 3.05) is 6.61 Å². The smallest absolute Gasteiger partial charge is 0.303 e. The lowest BCUT2D eigenvalue weighted by Gasteiger charge is -2.48. The number of alkyl halides is 4. The lowest BCUT2D eigenvalue weighted by Crippen LogP contribution is -2.63. The number of carbonyl (C=O) groups is 2. The molecule has 1 saturated heterocycles. The van der Waals surface area contributed by atoms with Gasteiger partial charge in [0.2, 0.25) is 12.2 Å². The minimum atomic E-state index is -2.38. The van der Waals surface area contributed by atoms with E-state index in [1.807, 2.05) is 13.1 Å². The van der Waals surface area contributed by atoms with Gasteiger partial charge in [0.15, 0.2) is 8.32 Å². The first-order chi connectivity index (χ1) is 13.9. The molecular weight excluding hydrogens is 557 g/mol. The summed E-state index contributed by atoms with van der Waals surface area (Å²) in [5.74, 6) is -1.75. The summed E-state index contributed by atoms with van der Waals surface area (Å²) in [4.78, 5) is 22.5. The Morgan fingerprint density at radius 2 is 1.61 bits per heavy atom. The van der Waals surface area contributed by atoms with Crippen LogP contribution in [0.25, 0.3) is 0 Å². The molecule has 1 heterocycles. The lowest BCUT2D eigenvalue weighted by molar-refractivity contribution is -0.234. The monoisotopic (exact) mass is 583 g/mol. The quantitative estimate of drug-likeness (QED) is 0.158. The fraction of sp³-hybridized carbons (Fsp3) is 0.833. The molecule has 0 spiro atoms. The van der Waals surface area contributed by atoms with Crippen LogP contribution in [0.3, 0.4) is 0 Å². The largest absolute Gasteiger partial charge is 0.463 e. The van der Waals surface area contributed by atoms with Crippen molar-refractivity contribution in [1.82, 2.24) is 0 Å². The molecular formula is C18H29BrCl3NO7Si. The van der Waals surface area contributed by atoms with Gasteiger partial charge in [-0.05, 0) is 18.1 Å². The molecule has 13 heteroatoms. The molecule has 1 N–H and O–H groups in total. The zero-order valence-corrected chi connectivity index (χ0v) is 23.3. The van der Waals surface area contributed by atoms with Gasteiger partial charge in [-0.3, -0.25) is 15.0 Å². The topological polar surface area (TPSA) is 104 Å². The van der Waals surface area contributed by atoms with Crippen LogP contribution in [0.15, 0.2) is 0 Å². The number of halogens is 4. The summed E-state index contributed by atoms with van der Waals surface area (Å²) in [6.45, 7) is 12.6. The van der Waals surface area contributed by atoms with Gasteiger partial charge in [-0.15, -0.1) is 0 Å². The highest BCUT2D eigenvalue weighted by molar-refractivity contribution is 9.09. The summed E-state index contributed by atoms with van der Waals surface area (Å²) in [6.07, 6.45) is -3.74. The highest BCUT2D eigenvalue weighted by Crippen LogP contribution is 2.41. The normalized spacial score (nSPS) is 27.4. The molecule has 1 fully saturated rings. The third-order valence-electron chi connectivity index (χ3n) is 5.05. The molecule has 1 aliphatic heterocycles. The van der Waals surface area contributed by atoms with Crippen LogP contribution in [0.1, 0.15) is 34.6 Å². The van der Waals surface area contributed by atoms with Gasteiger partial charge in [-0.25, -0.2) is 0 Å². The van der Waals surface area contributed by atoms with E-state index in [-0.39, 0.29) is 11.6 Å². The Hall–Kier alpha value is -0.103. The number of esters is 2. The average molecular weight is 586 g/mol. The molecule has 0 bridgehead atoms. The van der Waals surface area contributed by atoms with E-state index in [2.05, 4.69) is 36.7 Å². The Bertz CT molecular complexity index is 684. The van der Waals surface area contributed by atoms with Crippen LogP contribution >= 0.6 is 50.7 Å². The zero-order valence-electron chi connectivity index (χ0n) is 18.5. The van der Waals surface area contributed by atoms with E-state index in [1.54, 1.807) is 0 Å². The molecule has 0 aromatic rings. The fourth-order valence-corrected chi connectivity index (χ4v) is 4.56. The summed E-state index contributed by atoms with van der Waals surface area (Å²) in [5, 5.41) is 7.69. The SMILES string of the molecule is CC(=O)OC[C@H]1O[C@H](OC(=N)C(Cl)(Cl)Cl)[C@H](Br)[C@@H](OC(C)=O)[C@@H]1O[Si](C)(C)C(C)(C)C. The number of nitrogens with one attached hydrogen (secondary N) is 1. The van der Waals surface area contributed by atoms with Gasteiger partial charge in [0, 0.05) is 13.8 Å². The standard InChI is InChI=1S/C18H29BrCl3NO7Si/c1-9(24)26-8-11-13(30-31(6,7)17(3,4)5)14(27-10(2)25)12(19)15(28-11)29-16(23)18(20,21)22/h11-15,23H,8H2,1-7H3/t11-,12-,13-,14-,15-/m1/s1. The Morgan fingerprint density at radius 3 is 2.03 bits per heavy atom. The van der Waals surface area contributed by atoms with Gasteiger partial charge in [-0.1, -0.05) is 71.5 Å². The van der Waals surface area contributed by atoms with Crippen molar-refractivity contribution in [3.05, 3.63) is 0 Å². The minimum Gasteiger partial charge on any atom is -0.463 e. The van der Waals surface area contributed by atoms with Crippen LogP contribution in [-0.4, -0.2) is 66.0 Å². The molecule has 1 aliphatic rings. The highest BCUT2D eigenvalue weighted by atomic mass is 79.9. The van der Waals surface area contributed by atoms with Crippen molar-refractivity contribution >= 4 is 76.9 Å². The van der Waals surface area contributed by atoms with Crippen LogP contribution in [0, 0.1) is 5.41 Å². The van der Waals surface area contributed by atoms with E-state index < -0.39 is 59.4 Å². The van der Waals surface area contributed by atoms with E-state index in [9.17, 15) is 9.59 Å². The Labute approximate surface area is 207 Å². The van der Waals surface area contributed by atoms with E-state index in [4.69, 9.17) is 63.6 Å². The lowest BCUT2D eigenvalue weighted by atomic mass is 10.0. The third kappa shape index (κ3) is 8.32. The van der Waals surface area contributed by atoms with Crippen LogP contribution in [0.4, 0.5) is 0 Å². The Balaban J connectivity index is 3.33.